The van der Waals surface area contributed by atoms with Gasteiger partial charge in [-0.15, -0.1) is 0 Å². The zero-order valence-corrected chi connectivity index (χ0v) is 28.9. The summed E-state index contributed by atoms with van der Waals surface area (Å²) in [7, 11) is 4.64. The maximum absolute atomic E-state index is 14.1. The summed E-state index contributed by atoms with van der Waals surface area (Å²) < 4.78 is 30.9. The molecule has 0 unspecified atom stereocenters. The van der Waals surface area contributed by atoms with Gasteiger partial charge in [0.15, 0.2) is 27.8 Å². The van der Waals surface area contributed by atoms with Crippen LogP contribution >= 0.6 is 45.5 Å². The normalized spacial score (nSPS) is 14.5. The van der Waals surface area contributed by atoms with Crippen LogP contribution in [0.1, 0.15) is 36.6 Å². The van der Waals surface area contributed by atoms with E-state index < -0.39 is 12.0 Å². The second-order valence-electron chi connectivity index (χ2n) is 9.83. The Bertz CT molecular complexity index is 1990. The van der Waals surface area contributed by atoms with Gasteiger partial charge in [-0.3, -0.25) is 9.36 Å². The maximum Gasteiger partial charge on any atom is 0.338 e. The number of aromatic nitrogens is 1. The molecule has 0 saturated carbocycles. The monoisotopic (exact) mass is 760 g/mol. The van der Waals surface area contributed by atoms with Gasteiger partial charge in [-0.25, -0.2) is 9.79 Å². The fraction of sp³-hybridized carbons (Fsp3) is 0.242. The molecule has 0 bridgehead atoms. The highest BCUT2D eigenvalue weighted by Crippen LogP contribution is 2.37. The van der Waals surface area contributed by atoms with Crippen LogP contribution in [0.15, 0.2) is 75.7 Å². The molecule has 45 heavy (non-hydrogen) atoms. The van der Waals surface area contributed by atoms with E-state index in [9.17, 15) is 9.59 Å². The second kappa shape index (κ2) is 14.1. The molecule has 1 aliphatic rings. The Balaban J connectivity index is 1.60. The number of rotatable bonds is 10. The van der Waals surface area contributed by atoms with Crippen LogP contribution < -0.4 is 33.8 Å². The van der Waals surface area contributed by atoms with E-state index in [1.54, 1.807) is 52.3 Å². The van der Waals surface area contributed by atoms with E-state index in [1.165, 1.54) is 23.0 Å². The third kappa shape index (κ3) is 6.61. The minimum absolute atomic E-state index is 0.178. The average Bonchev–Trinajstić information content (AvgIpc) is 3.33. The molecule has 1 atom stereocenters. The van der Waals surface area contributed by atoms with Crippen LogP contribution in [-0.2, 0) is 16.1 Å². The van der Waals surface area contributed by atoms with Gasteiger partial charge in [0.05, 0.1) is 53.4 Å². The van der Waals surface area contributed by atoms with Crippen molar-refractivity contribution in [2.24, 2.45) is 4.99 Å². The number of esters is 1. The molecule has 0 radical (unpaired) electrons. The van der Waals surface area contributed by atoms with E-state index in [1.807, 2.05) is 36.4 Å². The Hall–Kier alpha value is -3.81. The summed E-state index contributed by atoms with van der Waals surface area (Å²) in [6, 6.07) is 15.7. The third-order valence-corrected chi connectivity index (χ3v) is 9.27. The Morgan fingerprint density at radius 2 is 1.78 bits per heavy atom. The van der Waals surface area contributed by atoms with Crippen molar-refractivity contribution in [2.75, 3.05) is 27.9 Å². The summed E-state index contributed by atoms with van der Waals surface area (Å²) >= 11 is 9.72. The lowest BCUT2D eigenvalue weighted by Gasteiger charge is -2.25. The van der Waals surface area contributed by atoms with Crippen molar-refractivity contribution in [2.45, 2.75) is 26.5 Å². The number of carbonyl (C=O) groups is 1. The molecule has 0 fully saturated rings. The molecule has 234 valence electrons. The summed E-state index contributed by atoms with van der Waals surface area (Å²) in [5.74, 6) is 1.53. The number of methoxy groups -OCH3 is 3. The number of fused-ring (bicyclic) bond motifs is 1. The van der Waals surface area contributed by atoms with Gasteiger partial charge in [-0.1, -0.05) is 47.2 Å². The fourth-order valence-electron chi connectivity index (χ4n) is 5.01. The van der Waals surface area contributed by atoms with Crippen molar-refractivity contribution < 1.29 is 28.5 Å². The zero-order chi connectivity index (χ0) is 32.2. The SMILES string of the molecule is CCOC(=O)C1=C(C)N=c2s/c(=C/c3cc(I)c(OCc4ccccc4Cl)c(OC)c3)c(=O)n2[C@H]1c1ccc(OC)c(OC)c1. The second-order valence-corrected chi connectivity index (χ2v) is 12.4. The number of nitrogens with zero attached hydrogens (tertiary/aromatic N) is 2. The molecule has 1 aromatic heterocycles. The number of ether oxygens (including phenoxy) is 5. The van der Waals surface area contributed by atoms with Crippen molar-refractivity contribution >= 4 is 57.6 Å². The topological polar surface area (TPSA) is 97.6 Å². The number of carbonyl (C=O) groups excluding carboxylic acids is 1. The molecule has 9 nitrogen and oxygen atoms in total. The Labute approximate surface area is 282 Å². The molecule has 12 heteroatoms. The molecule has 0 aliphatic carbocycles. The Morgan fingerprint density at radius 3 is 2.47 bits per heavy atom. The summed E-state index contributed by atoms with van der Waals surface area (Å²) in [6.45, 7) is 3.92. The number of halogens is 2. The first kappa shape index (κ1) is 32.6. The molecule has 0 N–H and O–H groups in total. The van der Waals surface area contributed by atoms with Gasteiger partial charge in [-0.05, 0) is 84.0 Å². The van der Waals surface area contributed by atoms with Crippen molar-refractivity contribution in [3.8, 4) is 23.0 Å². The van der Waals surface area contributed by atoms with E-state index in [-0.39, 0.29) is 24.3 Å². The number of thiazole rings is 1. The van der Waals surface area contributed by atoms with E-state index in [4.69, 9.17) is 35.3 Å². The Kier molecular flexibility index (Phi) is 10.2. The van der Waals surface area contributed by atoms with Crippen LogP contribution in [0.25, 0.3) is 6.08 Å². The van der Waals surface area contributed by atoms with Crippen LogP contribution in [0, 0.1) is 3.57 Å². The van der Waals surface area contributed by atoms with Crippen LogP contribution in [0.4, 0.5) is 0 Å². The summed E-state index contributed by atoms with van der Waals surface area (Å²) in [5, 5.41) is 0.617. The van der Waals surface area contributed by atoms with Crippen molar-refractivity contribution in [1.82, 2.24) is 4.57 Å². The van der Waals surface area contributed by atoms with Crippen LogP contribution in [0.5, 0.6) is 23.0 Å². The van der Waals surface area contributed by atoms with E-state index in [0.717, 1.165) is 14.7 Å². The summed E-state index contributed by atoms with van der Waals surface area (Å²) in [4.78, 5) is 32.4. The van der Waals surface area contributed by atoms with E-state index in [0.29, 0.717) is 48.6 Å². The maximum atomic E-state index is 14.1. The van der Waals surface area contributed by atoms with Crippen LogP contribution in [-0.4, -0.2) is 38.5 Å². The predicted molar refractivity (Wildman–Crippen MR) is 181 cm³/mol. The number of hydrogen-bond donors (Lipinski definition) is 0. The first-order valence-corrected chi connectivity index (χ1v) is 16.1. The molecule has 5 rings (SSSR count). The standard InChI is InChI=1S/C33H30ClIN2O7S/c1-6-43-32(39)28-18(2)36-33-37(29(28)20-11-12-24(40-3)25(16-20)41-4)31(38)27(45-33)15-19-13-23(35)30(26(14-19)42-5)44-17-21-9-7-8-10-22(21)34/h7-16,29H,6,17H2,1-5H3/b27-15+/t29-/m0/s1. The van der Waals surface area contributed by atoms with Crippen molar-refractivity contribution in [1.29, 1.82) is 0 Å². The lowest BCUT2D eigenvalue weighted by molar-refractivity contribution is -0.139. The highest BCUT2D eigenvalue weighted by atomic mass is 127. The molecule has 0 amide bonds. The average molecular weight is 761 g/mol. The fourth-order valence-corrected chi connectivity index (χ4v) is 7.03. The molecular formula is C33H30ClIN2O7S. The van der Waals surface area contributed by atoms with E-state index in [2.05, 4.69) is 27.6 Å². The molecule has 0 saturated heterocycles. The van der Waals surface area contributed by atoms with Gasteiger partial charge in [0.1, 0.15) is 6.61 Å². The molecular weight excluding hydrogens is 731 g/mol. The molecule has 0 spiro atoms. The summed E-state index contributed by atoms with van der Waals surface area (Å²) in [6.07, 6.45) is 1.78. The highest BCUT2D eigenvalue weighted by molar-refractivity contribution is 14.1. The predicted octanol–water partition coefficient (Wildman–Crippen LogP) is 5.66. The third-order valence-electron chi connectivity index (χ3n) is 7.12. The van der Waals surface area contributed by atoms with Gasteiger partial charge in [0.25, 0.3) is 5.56 Å². The molecule has 1 aliphatic heterocycles. The van der Waals surface area contributed by atoms with Gasteiger partial charge < -0.3 is 23.7 Å². The quantitative estimate of drug-likeness (QED) is 0.152. The van der Waals surface area contributed by atoms with Crippen LogP contribution in [0.2, 0.25) is 5.02 Å². The first-order chi connectivity index (χ1) is 21.7. The van der Waals surface area contributed by atoms with Crippen LogP contribution in [0.3, 0.4) is 0 Å². The molecule has 4 aromatic rings. The minimum Gasteiger partial charge on any atom is -0.493 e. The van der Waals surface area contributed by atoms with E-state index >= 15 is 0 Å². The largest absolute Gasteiger partial charge is 0.493 e. The minimum atomic E-state index is -0.794. The summed E-state index contributed by atoms with van der Waals surface area (Å²) in [5.41, 5.74) is 2.67. The Morgan fingerprint density at radius 1 is 1.04 bits per heavy atom. The number of hydrogen-bond acceptors (Lipinski definition) is 9. The van der Waals surface area contributed by atoms with Gasteiger partial charge >= 0.3 is 5.97 Å². The number of benzene rings is 3. The molecule has 2 heterocycles. The molecule has 3 aromatic carbocycles. The number of allylic oxidation sites excluding steroid dienone is 1. The van der Waals surface area contributed by atoms with Gasteiger partial charge in [-0.2, -0.15) is 0 Å². The van der Waals surface area contributed by atoms with Crippen molar-refractivity contribution in [3.05, 3.63) is 111 Å². The van der Waals surface area contributed by atoms with Gasteiger partial charge in [0.2, 0.25) is 0 Å². The highest BCUT2D eigenvalue weighted by Gasteiger charge is 2.34. The smallest absolute Gasteiger partial charge is 0.338 e. The lowest BCUT2D eigenvalue weighted by Crippen LogP contribution is -2.40. The lowest BCUT2D eigenvalue weighted by atomic mass is 9.95. The van der Waals surface area contributed by atoms with Gasteiger partial charge in [0, 0.05) is 10.6 Å². The zero-order valence-electron chi connectivity index (χ0n) is 25.2. The van der Waals surface area contributed by atoms with Crippen molar-refractivity contribution in [3.63, 3.8) is 0 Å². The first-order valence-electron chi connectivity index (χ1n) is 13.9.